The molecule has 2 aliphatic rings. The minimum absolute atomic E-state index is 0.0445. The Bertz CT molecular complexity index is 1490. The van der Waals surface area contributed by atoms with Crippen molar-refractivity contribution in [2.45, 2.75) is 25.2 Å². The quantitative estimate of drug-likeness (QED) is 0.454. The van der Waals surface area contributed by atoms with E-state index in [0.29, 0.717) is 29.9 Å². The molecule has 1 aromatic heterocycles. The topological polar surface area (TPSA) is 112 Å². The summed E-state index contributed by atoms with van der Waals surface area (Å²) in [5.74, 6) is 0.185. The SMILES string of the molecule is N#CC1=C(N)N(c2ncn[nH]2)C2=C(C(=O)CCC2)C1c1c2ccccc2cc2ccccc12. The van der Waals surface area contributed by atoms with E-state index in [9.17, 15) is 10.1 Å². The highest BCUT2D eigenvalue weighted by molar-refractivity contribution is 6.07. The lowest BCUT2D eigenvalue weighted by Gasteiger charge is -2.38. The summed E-state index contributed by atoms with van der Waals surface area (Å²) < 4.78 is 0. The second-order valence-corrected chi connectivity index (χ2v) is 8.36. The van der Waals surface area contributed by atoms with E-state index in [-0.39, 0.29) is 11.6 Å². The monoisotopic (exact) mass is 432 g/mol. The third-order valence-electron chi connectivity index (χ3n) is 6.63. The highest BCUT2D eigenvalue weighted by Gasteiger charge is 2.42. The van der Waals surface area contributed by atoms with E-state index in [4.69, 9.17) is 5.73 Å². The van der Waals surface area contributed by atoms with Crippen LogP contribution in [0.15, 0.2) is 83.6 Å². The molecule has 1 aliphatic heterocycles. The van der Waals surface area contributed by atoms with Crippen LogP contribution in [0.5, 0.6) is 0 Å². The van der Waals surface area contributed by atoms with Crippen LogP contribution in [0.25, 0.3) is 21.5 Å². The van der Waals surface area contributed by atoms with Crippen molar-refractivity contribution in [3.8, 4) is 6.07 Å². The maximum absolute atomic E-state index is 13.5. The average molecular weight is 432 g/mol. The Kier molecular flexibility index (Phi) is 4.27. The van der Waals surface area contributed by atoms with Gasteiger partial charge in [-0.05, 0) is 46.0 Å². The molecule has 1 unspecified atom stereocenters. The van der Waals surface area contributed by atoms with Crippen LogP contribution < -0.4 is 10.6 Å². The summed E-state index contributed by atoms with van der Waals surface area (Å²) >= 11 is 0. The second-order valence-electron chi connectivity index (χ2n) is 8.36. The van der Waals surface area contributed by atoms with Gasteiger partial charge in [-0.2, -0.15) is 15.3 Å². The molecule has 7 nitrogen and oxygen atoms in total. The van der Waals surface area contributed by atoms with Gasteiger partial charge in [0.05, 0.1) is 17.6 Å². The fourth-order valence-corrected chi connectivity index (χ4v) is 5.28. The summed E-state index contributed by atoms with van der Waals surface area (Å²) in [5.41, 5.74) is 9.36. The largest absolute Gasteiger partial charge is 0.384 e. The van der Waals surface area contributed by atoms with Gasteiger partial charge in [-0.3, -0.25) is 9.69 Å². The van der Waals surface area contributed by atoms with Crippen molar-refractivity contribution in [2.75, 3.05) is 4.90 Å². The number of carbonyl (C=O) groups is 1. The van der Waals surface area contributed by atoms with Gasteiger partial charge in [-0.15, -0.1) is 0 Å². The van der Waals surface area contributed by atoms with Crippen molar-refractivity contribution < 1.29 is 4.79 Å². The summed E-state index contributed by atoms with van der Waals surface area (Å²) in [7, 11) is 0. The van der Waals surface area contributed by atoms with Crippen LogP contribution in [0.4, 0.5) is 5.95 Å². The molecular weight excluding hydrogens is 412 g/mol. The van der Waals surface area contributed by atoms with Crippen LogP contribution in [0.1, 0.15) is 30.7 Å². The zero-order chi connectivity index (χ0) is 22.5. The number of hydrogen-bond acceptors (Lipinski definition) is 6. The van der Waals surface area contributed by atoms with Crippen LogP contribution in [-0.4, -0.2) is 21.0 Å². The number of aromatic nitrogens is 3. The predicted octanol–water partition coefficient (Wildman–Crippen LogP) is 4.42. The molecule has 1 atom stereocenters. The highest BCUT2D eigenvalue weighted by Crippen LogP contribution is 2.48. The van der Waals surface area contributed by atoms with Gasteiger partial charge < -0.3 is 5.73 Å². The second kappa shape index (κ2) is 7.31. The first kappa shape index (κ1) is 19.3. The Morgan fingerprint density at radius 3 is 2.39 bits per heavy atom. The number of ketones is 1. The fraction of sp³-hybridized carbons (Fsp3) is 0.154. The maximum atomic E-state index is 13.5. The van der Waals surface area contributed by atoms with Gasteiger partial charge in [0.2, 0.25) is 5.95 Å². The van der Waals surface area contributed by atoms with Crippen molar-refractivity contribution in [2.24, 2.45) is 5.73 Å². The van der Waals surface area contributed by atoms with E-state index in [1.54, 1.807) is 4.90 Å². The number of nitrogens with zero attached hydrogens (tertiary/aromatic N) is 4. The van der Waals surface area contributed by atoms with Gasteiger partial charge in [-0.25, -0.2) is 5.10 Å². The summed E-state index contributed by atoms with van der Waals surface area (Å²) in [6.07, 6.45) is 3.23. The smallest absolute Gasteiger partial charge is 0.231 e. The highest BCUT2D eigenvalue weighted by atomic mass is 16.1. The minimum atomic E-state index is -0.548. The summed E-state index contributed by atoms with van der Waals surface area (Å²) in [6, 6.07) is 20.7. The van der Waals surface area contributed by atoms with Crippen molar-refractivity contribution in [1.82, 2.24) is 15.2 Å². The molecule has 0 saturated heterocycles. The maximum Gasteiger partial charge on any atom is 0.231 e. The summed E-state index contributed by atoms with van der Waals surface area (Å²) in [5, 5.41) is 21.3. The zero-order valence-corrected chi connectivity index (χ0v) is 17.7. The van der Waals surface area contributed by atoms with Crippen molar-refractivity contribution in [3.63, 3.8) is 0 Å². The molecule has 0 bridgehead atoms. The van der Waals surface area contributed by atoms with E-state index < -0.39 is 5.92 Å². The lowest BCUT2D eigenvalue weighted by Crippen LogP contribution is -2.39. The van der Waals surface area contributed by atoms with E-state index in [1.807, 2.05) is 24.3 Å². The zero-order valence-electron chi connectivity index (χ0n) is 17.7. The molecule has 1 aliphatic carbocycles. The number of allylic oxidation sites excluding steroid dienone is 3. The Morgan fingerprint density at radius 1 is 1.06 bits per heavy atom. The van der Waals surface area contributed by atoms with E-state index >= 15 is 0 Å². The molecule has 0 saturated carbocycles. The third-order valence-corrected chi connectivity index (χ3v) is 6.63. The van der Waals surface area contributed by atoms with Gasteiger partial charge in [0, 0.05) is 17.7 Å². The van der Waals surface area contributed by atoms with E-state index in [2.05, 4.69) is 51.6 Å². The molecule has 33 heavy (non-hydrogen) atoms. The number of nitrogens with two attached hydrogens (primary N) is 1. The number of H-pyrrole nitrogens is 1. The number of nitrogens with one attached hydrogen (secondary N) is 1. The number of anilines is 1. The number of aromatic amines is 1. The number of hydrogen-bond donors (Lipinski definition) is 2. The molecule has 0 radical (unpaired) electrons. The number of rotatable bonds is 2. The Balaban J connectivity index is 1.74. The van der Waals surface area contributed by atoms with E-state index in [1.165, 1.54) is 6.33 Å². The first-order chi connectivity index (χ1) is 16.2. The molecule has 7 heteroatoms. The number of benzene rings is 3. The number of nitriles is 1. The van der Waals surface area contributed by atoms with Crippen LogP contribution >= 0.6 is 0 Å². The van der Waals surface area contributed by atoms with Gasteiger partial charge in [0.15, 0.2) is 5.78 Å². The van der Waals surface area contributed by atoms with Crippen molar-refractivity contribution in [1.29, 1.82) is 5.26 Å². The summed E-state index contributed by atoms with van der Waals surface area (Å²) in [4.78, 5) is 19.4. The number of carbonyl (C=O) groups excluding carboxylic acids is 1. The minimum Gasteiger partial charge on any atom is -0.384 e. The third kappa shape index (κ3) is 2.77. The molecule has 3 N–H and O–H groups in total. The van der Waals surface area contributed by atoms with Crippen LogP contribution in [0.2, 0.25) is 0 Å². The number of Topliss-reactive ketones (excluding diaryl/α,β-unsaturated/α-hetero) is 1. The van der Waals surface area contributed by atoms with Crippen molar-refractivity contribution >= 4 is 33.3 Å². The molecule has 160 valence electrons. The Labute approximate surface area is 189 Å². The molecule has 2 heterocycles. The Morgan fingerprint density at radius 2 is 1.76 bits per heavy atom. The fourth-order valence-electron chi connectivity index (χ4n) is 5.28. The summed E-state index contributed by atoms with van der Waals surface area (Å²) in [6.45, 7) is 0. The molecule has 0 spiro atoms. The molecule has 4 aromatic rings. The first-order valence-corrected chi connectivity index (χ1v) is 10.9. The van der Waals surface area contributed by atoms with Crippen LogP contribution in [-0.2, 0) is 4.79 Å². The Hall–Kier alpha value is -4.44. The van der Waals surface area contributed by atoms with Gasteiger partial charge >= 0.3 is 0 Å². The molecule has 0 amide bonds. The first-order valence-electron chi connectivity index (χ1n) is 10.9. The van der Waals surface area contributed by atoms with Gasteiger partial charge in [0.1, 0.15) is 12.1 Å². The van der Waals surface area contributed by atoms with Gasteiger partial charge in [-0.1, -0.05) is 48.5 Å². The number of fused-ring (bicyclic) bond motifs is 2. The average Bonchev–Trinajstić information content (AvgIpc) is 3.36. The van der Waals surface area contributed by atoms with E-state index in [0.717, 1.165) is 39.2 Å². The molecule has 3 aromatic carbocycles. The predicted molar refractivity (Wildman–Crippen MR) is 126 cm³/mol. The molecule has 6 rings (SSSR count). The van der Waals surface area contributed by atoms with Crippen molar-refractivity contribution in [3.05, 3.63) is 89.2 Å². The van der Waals surface area contributed by atoms with Crippen LogP contribution in [0.3, 0.4) is 0 Å². The van der Waals surface area contributed by atoms with Crippen LogP contribution in [0, 0.1) is 11.3 Å². The molecular formula is C26H20N6O. The lowest BCUT2D eigenvalue weighted by molar-refractivity contribution is -0.116. The lowest BCUT2D eigenvalue weighted by atomic mass is 9.73. The standard InChI is InChI=1S/C26H20N6O/c27-13-19-23(22-17-8-3-1-6-15(17)12-16-7-2-4-9-18(16)22)24-20(10-5-11-21(24)33)32(25(19)28)26-29-14-30-31-26/h1-4,6-9,12,14,23H,5,10-11,28H2,(H,29,30,31). The van der Waals surface area contributed by atoms with Gasteiger partial charge in [0.25, 0.3) is 0 Å². The molecule has 0 fully saturated rings. The normalized spacial score (nSPS) is 18.7.